The summed E-state index contributed by atoms with van der Waals surface area (Å²) in [5.74, 6) is -3.69. The smallest absolute Gasteiger partial charge is 0.425 e. The van der Waals surface area contributed by atoms with E-state index in [1.54, 1.807) is 5.32 Å². The fourth-order valence-corrected chi connectivity index (χ4v) is 3.73. The highest BCUT2D eigenvalue weighted by Crippen LogP contribution is 2.46. The monoisotopic (exact) mass is 362 g/mol. The molecule has 6 nitrogen and oxygen atoms in total. The van der Waals surface area contributed by atoms with Crippen LogP contribution in [0.4, 0.5) is 13.2 Å². The molecule has 2 aliphatic rings. The molecule has 1 atom stereocenters. The van der Waals surface area contributed by atoms with Gasteiger partial charge in [0.2, 0.25) is 11.4 Å². The molecule has 1 fully saturated rings. The standard InChI is InChI=1S/C16H21F3N2O4/c1-9-12(13(23)25-3)15(16(17,18)19,20-10(2)22)14(24)21(9)11-7-5-4-6-8-11/h11H,4-8H2,1-3H3,(H,20,22)/t15-/m1/s1. The molecule has 0 radical (unpaired) electrons. The Morgan fingerprint density at radius 2 is 1.80 bits per heavy atom. The Bertz CT molecular complexity index is 623. The molecule has 0 unspecified atom stereocenters. The lowest BCUT2D eigenvalue weighted by Crippen LogP contribution is -2.66. The third-order valence-electron chi connectivity index (χ3n) is 4.76. The first kappa shape index (κ1) is 19.3. The van der Waals surface area contributed by atoms with Crippen molar-refractivity contribution in [3.63, 3.8) is 0 Å². The van der Waals surface area contributed by atoms with Crippen molar-refractivity contribution in [1.29, 1.82) is 0 Å². The van der Waals surface area contributed by atoms with Crippen molar-refractivity contribution >= 4 is 17.8 Å². The van der Waals surface area contributed by atoms with Crippen molar-refractivity contribution in [2.75, 3.05) is 7.11 Å². The number of alkyl halides is 3. The van der Waals surface area contributed by atoms with Crippen molar-refractivity contribution in [3.05, 3.63) is 11.3 Å². The summed E-state index contributed by atoms with van der Waals surface area (Å²) in [6.07, 6.45) is -1.58. The first-order valence-corrected chi connectivity index (χ1v) is 8.06. The number of rotatable bonds is 3. The maximum absolute atomic E-state index is 14.0. The molecule has 2 amide bonds. The number of allylic oxidation sites excluding steroid dienone is 1. The molecule has 0 aromatic carbocycles. The lowest BCUT2D eigenvalue weighted by Gasteiger charge is -2.36. The minimum absolute atomic E-state index is 0.116. The second-order valence-electron chi connectivity index (χ2n) is 6.35. The van der Waals surface area contributed by atoms with Gasteiger partial charge < -0.3 is 15.0 Å². The van der Waals surface area contributed by atoms with Crippen LogP contribution in [0.2, 0.25) is 0 Å². The van der Waals surface area contributed by atoms with Crippen molar-refractivity contribution in [2.45, 2.75) is 63.7 Å². The maximum Gasteiger partial charge on any atom is 0.425 e. The number of carbonyl (C=O) groups is 3. The third-order valence-corrected chi connectivity index (χ3v) is 4.76. The Morgan fingerprint density at radius 3 is 2.24 bits per heavy atom. The summed E-state index contributed by atoms with van der Waals surface area (Å²) in [6, 6.07) is -0.432. The molecule has 0 spiro atoms. The largest absolute Gasteiger partial charge is 0.466 e. The number of nitrogens with one attached hydrogen (secondary N) is 1. The van der Waals surface area contributed by atoms with Crippen LogP contribution in [-0.2, 0) is 19.1 Å². The highest BCUT2D eigenvalue weighted by atomic mass is 19.4. The van der Waals surface area contributed by atoms with E-state index in [2.05, 4.69) is 4.74 Å². The first-order chi connectivity index (χ1) is 11.6. The van der Waals surface area contributed by atoms with Crippen LogP contribution in [0.5, 0.6) is 0 Å². The van der Waals surface area contributed by atoms with Gasteiger partial charge in [0.25, 0.3) is 5.91 Å². The fourth-order valence-electron chi connectivity index (χ4n) is 3.73. The molecule has 0 bridgehead atoms. The molecule has 1 aliphatic carbocycles. The van der Waals surface area contributed by atoms with Crippen LogP contribution in [0.1, 0.15) is 46.0 Å². The average molecular weight is 362 g/mol. The second kappa shape index (κ2) is 6.68. The van der Waals surface area contributed by atoms with E-state index in [1.165, 1.54) is 6.92 Å². The molecule has 1 saturated carbocycles. The summed E-state index contributed by atoms with van der Waals surface area (Å²) < 4.78 is 46.4. The number of carbonyl (C=O) groups excluding carboxylic acids is 3. The van der Waals surface area contributed by atoms with Gasteiger partial charge in [-0.05, 0) is 19.8 Å². The molecule has 25 heavy (non-hydrogen) atoms. The number of methoxy groups -OCH3 is 1. The number of nitrogens with zero attached hydrogens (tertiary/aromatic N) is 1. The molecule has 0 saturated heterocycles. The summed E-state index contributed by atoms with van der Waals surface area (Å²) >= 11 is 0. The average Bonchev–Trinajstić information content (AvgIpc) is 2.75. The van der Waals surface area contributed by atoms with Crippen molar-refractivity contribution in [2.24, 2.45) is 0 Å². The third kappa shape index (κ3) is 3.00. The topological polar surface area (TPSA) is 75.7 Å². The van der Waals surface area contributed by atoms with E-state index in [0.29, 0.717) is 12.8 Å². The summed E-state index contributed by atoms with van der Waals surface area (Å²) in [7, 11) is 0.936. The van der Waals surface area contributed by atoms with E-state index in [-0.39, 0.29) is 5.70 Å². The zero-order chi connectivity index (χ0) is 19.0. The van der Waals surface area contributed by atoms with E-state index >= 15 is 0 Å². The van der Waals surface area contributed by atoms with Crippen molar-refractivity contribution in [1.82, 2.24) is 10.2 Å². The number of amides is 2. The molecule has 0 aromatic rings. The minimum Gasteiger partial charge on any atom is -0.466 e. The predicted molar refractivity (Wildman–Crippen MR) is 81.0 cm³/mol. The zero-order valence-corrected chi connectivity index (χ0v) is 14.3. The van der Waals surface area contributed by atoms with E-state index in [4.69, 9.17) is 0 Å². The Kier molecular flexibility index (Phi) is 5.15. The molecule has 9 heteroatoms. The highest BCUT2D eigenvalue weighted by molar-refractivity contribution is 6.10. The molecule has 1 heterocycles. The van der Waals surface area contributed by atoms with Gasteiger partial charge >= 0.3 is 12.1 Å². The highest BCUT2D eigenvalue weighted by Gasteiger charge is 2.71. The Hall–Kier alpha value is -2.06. The molecular formula is C16H21F3N2O4. The molecule has 0 aromatic heterocycles. The Labute approximate surface area is 143 Å². The quantitative estimate of drug-likeness (QED) is 0.780. The van der Waals surface area contributed by atoms with Gasteiger partial charge in [-0.1, -0.05) is 19.3 Å². The number of hydrogen-bond donors (Lipinski definition) is 1. The predicted octanol–water partition coefficient (Wildman–Crippen LogP) is 2.05. The number of halogens is 3. The van der Waals surface area contributed by atoms with Gasteiger partial charge in [-0.2, -0.15) is 13.2 Å². The summed E-state index contributed by atoms with van der Waals surface area (Å²) in [5.41, 5.74) is -4.39. The van der Waals surface area contributed by atoms with Gasteiger partial charge in [0, 0.05) is 18.7 Å². The molecule has 1 N–H and O–H groups in total. The fraction of sp³-hybridized carbons (Fsp3) is 0.688. The van der Waals surface area contributed by atoms with Crippen LogP contribution in [-0.4, -0.2) is 47.6 Å². The molecule has 1 aliphatic heterocycles. The van der Waals surface area contributed by atoms with Crippen LogP contribution in [0.3, 0.4) is 0 Å². The van der Waals surface area contributed by atoms with Crippen LogP contribution >= 0.6 is 0 Å². The van der Waals surface area contributed by atoms with Crippen LogP contribution in [0.25, 0.3) is 0 Å². The maximum atomic E-state index is 14.0. The molecule has 2 rings (SSSR count). The van der Waals surface area contributed by atoms with Gasteiger partial charge in [0.1, 0.15) is 5.57 Å². The van der Waals surface area contributed by atoms with E-state index in [0.717, 1.165) is 38.2 Å². The first-order valence-electron chi connectivity index (χ1n) is 8.06. The lowest BCUT2D eigenvalue weighted by molar-refractivity contribution is -0.196. The Balaban J connectivity index is 2.66. The zero-order valence-electron chi connectivity index (χ0n) is 14.3. The number of ether oxygens (including phenoxy) is 1. The number of esters is 1. The van der Waals surface area contributed by atoms with Gasteiger partial charge in [-0.3, -0.25) is 9.59 Å². The van der Waals surface area contributed by atoms with Crippen LogP contribution < -0.4 is 5.32 Å². The number of hydrogen-bond acceptors (Lipinski definition) is 4. The second-order valence-corrected chi connectivity index (χ2v) is 6.35. The Morgan fingerprint density at radius 1 is 1.24 bits per heavy atom. The lowest BCUT2D eigenvalue weighted by atomic mass is 9.88. The van der Waals surface area contributed by atoms with E-state index < -0.39 is 41.1 Å². The van der Waals surface area contributed by atoms with Crippen LogP contribution in [0.15, 0.2) is 11.3 Å². The summed E-state index contributed by atoms with van der Waals surface area (Å²) in [5, 5.41) is 1.70. The molecule has 140 valence electrons. The summed E-state index contributed by atoms with van der Waals surface area (Å²) in [6.45, 7) is 2.16. The van der Waals surface area contributed by atoms with Crippen LogP contribution in [0, 0.1) is 0 Å². The van der Waals surface area contributed by atoms with Crippen molar-refractivity contribution < 1.29 is 32.3 Å². The van der Waals surface area contributed by atoms with E-state index in [1.807, 2.05) is 0 Å². The van der Waals surface area contributed by atoms with Gasteiger partial charge in [0.15, 0.2) is 0 Å². The van der Waals surface area contributed by atoms with Gasteiger partial charge in [-0.15, -0.1) is 0 Å². The van der Waals surface area contributed by atoms with Crippen molar-refractivity contribution in [3.8, 4) is 0 Å². The normalized spacial score (nSPS) is 25.4. The van der Waals surface area contributed by atoms with Gasteiger partial charge in [-0.25, -0.2) is 4.79 Å². The van der Waals surface area contributed by atoms with E-state index in [9.17, 15) is 27.6 Å². The summed E-state index contributed by atoms with van der Waals surface area (Å²) in [4.78, 5) is 37.5. The molecular weight excluding hydrogens is 341 g/mol. The minimum atomic E-state index is -5.19. The SMILES string of the molecule is COC(=O)C1=C(C)N(C2CCCCC2)C(=O)[C@@]1(NC(C)=O)C(F)(F)F. The van der Waals surface area contributed by atoms with Gasteiger partial charge in [0.05, 0.1) is 7.11 Å².